The van der Waals surface area contributed by atoms with E-state index in [1.54, 1.807) is 14.2 Å². The molecule has 5 aromatic rings. The molecule has 0 aliphatic rings. The number of hydrogen-bond acceptors (Lipinski definition) is 10. The molecule has 10 heteroatoms. The molecule has 0 aliphatic heterocycles. The van der Waals surface area contributed by atoms with Gasteiger partial charge in [0.05, 0.1) is 34.0 Å². The first-order valence-electron chi connectivity index (χ1n) is 26.6. The molecule has 5 aromatic carbocycles. The summed E-state index contributed by atoms with van der Waals surface area (Å²) in [5, 5.41) is 62.2. The van der Waals surface area contributed by atoms with Crippen LogP contribution in [0.3, 0.4) is 0 Å². The van der Waals surface area contributed by atoms with Crippen LogP contribution in [0, 0.1) is 6.92 Å². The zero-order chi connectivity index (χ0) is 59.1. The number of aliphatic hydroxyl groups is 8. The molecule has 5 atom stereocenters. The monoisotopic (exact) mass is 1050 g/mol. The first-order chi connectivity index (χ1) is 35.9. The third-order valence-corrected chi connectivity index (χ3v) is 12.9. The summed E-state index contributed by atoms with van der Waals surface area (Å²) < 4.78 is 10.2. The highest BCUT2D eigenvalue weighted by Crippen LogP contribution is 2.28. The number of methoxy groups -OCH3 is 2. The van der Waals surface area contributed by atoms with Gasteiger partial charge in [0.1, 0.15) is 11.5 Å². The van der Waals surface area contributed by atoms with Gasteiger partial charge in [-0.2, -0.15) is 0 Å². The summed E-state index contributed by atoms with van der Waals surface area (Å²) in [7, 11) is 8.32. The zero-order valence-electron chi connectivity index (χ0n) is 50.8. The Morgan fingerprint density at radius 2 is 0.760 bits per heavy atom. The van der Waals surface area contributed by atoms with Crippen molar-refractivity contribution < 1.29 is 50.3 Å². The van der Waals surface area contributed by atoms with Crippen LogP contribution in [0.15, 0.2) is 109 Å². The second-order valence-corrected chi connectivity index (χ2v) is 18.7. The van der Waals surface area contributed by atoms with Crippen molar-refractivity contribution in [2.24, 2.45) is 0 Å². The van der Waals surface area contributed by atoms with Gasteiger partial charge in [-0.15, -0.1) is 0 Å². The lowest BCUT2D eigenvalue weighted by Gasteiger charge is -2.21. The van der Waals surface area contributed by atoms with E-state index >= 15 is 0 Å². The molecule has 430 valence electrons. The Hall–Kier alpha value is -4.62. The first kappa shape index (κ1) is 79.3. The fourth-order valence-corrected chi connectivity index (χ4v) is 6.82. The van der Waals surface area contributed by atoms with Gasteiger partial charge in [0.15, 0.2) is 0 Å². The highest BCUT2D eigenvalue weighted by atomic mass is 16.5. The minimum Gasteiger partial charge on any atom is -0.497 e. The van der Waals surface area contributed by atoms with Crippen molar-refractivity contribution in [1.82, 2.24) is 0 Å². The van der Waals surface area contributed by atoms with Gasteiger partial charge in [-0.25, -0.2) is 0 Å². The molecule has 0 bridgehead atoms. The molecule has 0 saturated carbocycles. The lowest BCUT2D eigenvalue weighted by molar-refractivity contribution is 0.273. The van der Waals surface area contributed by atoms with E-state index in [1.165, 1.54) is 51.8 Å². The van der Waals surface area contributed by atoms with Crippen molar-refractivity contribution >= 4 is 0 Å². The number of ether oxygens (including phenoxy) is 2. The smallest absolute Gasteiger partial charge is 0.124 e. The maximum atomic E-state index is 9.15. The standard InChI is InChI=1S/C14H22.C12H18O2.C12H18O.2C11H16O.5CH4O/c1-6-11(2)12-8-7-9-13(10-12)14(3,4)5;1-4-9(2)10-5-6-12(14-3)11(7-10)8-13;1-4-9(2)11-6-5-10(3)12(7-11)8-13;1-4-9(2)10-5-7-11(12-3)8-6-10;1-3-9(2)11-6-4-5-10(7-11)8-12;5*1-2/h7-11H,6H2,1-5H3;5-7,9,13H,4,8H2,1-3H3;5-7,9,13H,4,8H2,1-3H3;5-9H,4H2,1-3H3;4-7,9,12H,3,8H2,1-2H3;5*2H,1H3. The summed E-state index contributed by atoms with van der Waals surface area (Å²) in [5.41, 5.74) is 12.6. The van der Waals surface area contributed by atoms with Crippen molar-refractivity contribution in [3.63, 3.8) is 0 Å². The quantitative estimate of drug-likeness (QED) is 0.0503. The van der Waals surface area contributed by atoms with Crippen molar-refractivity contribution in [1.29, 1.82) is 0 Å². The fourth-order valence-electron chi connectivity index (χ4n) is 6.82. The van der Waals surface area contributed by atoms with E-state index in [2.05, 4.69) is 163 Å². The van der Waals surface area contributed by atoms with E-state index < -0.39 is 0 Å². The van der Waals surface area contributed by atoms with E-state index in [1.807, 2.05) is 43.3 Å². The van der Waals surface area contributed by atoms with Gasteiger partial charge < -0.3 is 50.3 Å². The molecule has 0 radical (unpaired) electrons. The van der Waals surface area contributed by atoms with Gasteiger partial charge in [0.2, 0.25) is 0 Å². The van der Waals surface area contributed by atoms with E-state index in [0.29, 0.717) is 29.6 Å². The van der Waals surface area contributed by atoms with Crippen molar-refractivity contribution in [3.8, 4) is 11.5 Å². The van der Waals surface area contributed by atoms with Gasteiger partial charge in [0.25, 0.3) is 0 Å². The minimum absolute atomic E-state index is 0.0352. The van der Waals surface area contributed by atoms with Crippen LogP contribution in [0.1, 0.15) is 207 Å². The van der Waals surface area contributed by atoms with Gasteiger partial charge in [-0.1, -0.05) is 175 Å². The van der Waals surface area contributed by atoms with Crippen LogP contribution < -0.4 is 9.47 Å². The molecule has 0 aromatic heterocycles. The lowest BCUT2D eigenvalue weighted by atomic mass is 9.84. The van der Waals surface area contributed by atoms with Crippen LogP contribution in [0.2, 0.25) is 0 Å². The average Bonchev–Trinajstić information content (AvgIpc) is 3.48. The Labute approximate surface area is 458 Å². The van der Waals surface area contributed by atoms with Gasteiger partial charge in [-0.05, 0) is 148 Å². The third kappa shape index (κ3) is 33.2. The maximum absolute atomic E-state index is 9.15. The van der Waals surface area contributed by atoms with Crippen LogP contribution >= 0.6 is 0 Å². The minimum atomic E-state index is 0.0352. The molecule has 0 amide bonds. The SMILES string of the molecule is CCC(C)c1ccc(C)c(CO)c1.CCC(C)c1ccc(OC)c(CO)c1.CCC(C)c1ccc(OC)cc1.CCC(C)c1cccc(C(C)(C)C)c1.CCC(C)c1cccc(CO)c1.CO.CO.CO.CO.CO. The van der Waals surface area contributed by atoms with Gasteiger partial charge >= 0.3 is 0 Å². The molecule has 0 fully saturated rings. The van der Waals surface area contributed by atoms with E-state index in [9.17, 15) is 0 Å². The number of aliphatic hydroxyl groups excluding tert-OH is 8. The Morgan fingerprint density at radius 1 is 0.400 bits per heavy atom. The molecule has 0 aliphatic carbocycles. The highest BCUT2D eigenvalue weighted by Gasteiger charge is 2.15. The van der Waals surface area contributed by atoms with Crippen LogP contribution in [-0.2, 0) is 25.2 Å². The Morgan fingerprint density at radius 3 is 1.13 bits per heavy atom. The van der Waals surface area contributed by atoms with Crippen molar-refractivity contribution in [3.05, 3.63) is 165 Å². The summed E-state index contributed by atoms with van der Waals surface area (Å²) >= 11 is 0. The van der Waals surface area contributed by atoms with Crippen LogP contribution in [-0.4, -0.2) is 90.6 Å². The molecule has 0 spiro atoms. The molecule has 0 saturated heterocycles. The second-order valence-electron chi connectivity index (χ2n) is 18.7. The molecule has 8 N–H and O–H groups in total. The van der Waals surface area contributed by atoms with E-state index in [-0.39, 0.29) is 25.2 Å². The molecule has 10 nitrogen and oxygen atoms in total. The average molecular weight is 1050 g/mol. The first-order valence-corrected chi connectivity index (χ1v) is 26.6. The number of hydrogen-bond donors (Lipinski definition) is 8. The zero-order valence-corrected chi connectivity index (χ0v) is 50.8. The summed E-state index contributed by atoms with van der Waals surface area (Å²) in [6, 6.07) is 37.8. The topological polar surface area (TPSA) is 180 Å². The summed E-state index contributed by atoms with van der Waals surface area (Å²) in [4.78, 5) is 0. The molecular formula is C65H110O10. The predicted octanol–water partition coefficient (Wildman–Crippen LogP) is 14.1. The number of aryl methyl sites for hydroxylation is 1. The number of benzene rings is 5. The maximum Gasteiger partial charge on any atom is 0.124 e. The third-order valence-electron chi connectivity index (χ3n) is 12.9. The Bertz CT molecular complexity index is 2030. The van der Waals surface area contributed by atoms with Gasteiger partial charge in [-0.3, -0.25) is 0 Å². The second kappa shape index (κ2) is 50.2. The summed E-state index contributed by atoms with van der Waals surface area (Å²) in [6.45, 7) is 31.3. The van der Waals surface area contributed by atoms with Crippen LogP contribution in [0.4, 0.5) is 0 Å². The molecule has 5 rings (SSSR count). The molecule has 0 heterocycles. The molecular weight excluding hydrogens is 941 g/mol. The summed E-state index contributed by atoms with van der Waals surface area (Å²) in [6.07, 6.45) is 5.81. The van der Waals surface area contributed by atoms with Crippen molar-refractivity contribution in [2.75, 3.05) is 49.8 Å². The summed E-state index contributed by atoms with van der Waals surface area (Å²) in [5.74, 6) is 4.74. The molecule has 75 heavy (non-hydrogen) atoms. The Balaban J connectivity index is -0.000000261. The van der Waals surface area contributed by atoms with Crippen molar-refractivity contribution in [2.45, 2.75) is 184 Å². The van der Waals surface area contributed by atoms with Crippen LogP contribution in [0.5, 0.6) is 11.5 Å². The van der Waals surface area contributed by atoms with E-state index in [4.69, 9.17) is 50.3 Å². The van der Waals surface area contributed by atoms with Crippen LogP contribution in [0.25, 0.3) is 0 Å². The normalized spacial score (nSPS) is 11.7. The van der Waals surface area contributed by atoms with Gasteiger partial charge in [0, 0.05) is 41.1 Å². The fraction of sp³-hybridized carbons (Fsp3) is 0.538. The highest BCUT2D eigenvalue weighted by molar-refractivity contribution is 5.38. The van der Waals surface area contributed by atoms with E-state index in [0.717, 1.165) is 83.0 Å². The Kier molecular flexibility index (Phi) is 53.1. The largest absolute Gasteiger partial charge is 0.497 e. The lowest BCUT2D eigenvalue weighted by Crippen LogP contribution is -2.11. The number of rotatable bonds is 15. The predicted molar refractivity (Wildman–Crippen MR) is 321 cm³/mol. The molecule has 5 unspecified atom stereocenters.